The molecule has 8 heteroatoms. The Bertz CT molecular complexity index is 863. The number of nitrogens with zero attached hydrogens (tertiary/aromatic N) is 3. The van der Waals surface area contributed by atoms with E-state index in [0.29, 0.717) is 37.5 Å². The Morgan fingerprint density at radius 2 is 1.93 bits per heavy atom. The molecule has 1 aromatic carbocycles. The van der Waals surface area contributed by atoms with Crippen LogP contribution in [0.15, 0.2) is 42.6 Å². The number of carbonyl (C=O) groups is 3. The fourth-order valence-corrected chi connectivity index (χ4v) is 3.02. The van der Waals surface area contributed by atoms with Crippen molar-refractivity contribution in [2.24, 2.45) is 0 Å². The molecule has 0 radical (unpaired) electrons. The Morgan fingerprint density at radius 3 is 2.64 bits per heavy atom. The topological polar surface area (TPSA) is 91.8 Å². The standard InChI is InChI=1S/C20H22N4O4/c1-28-18-5-3-2-4-16(18)13-22-19(26)17-12-15(6-7-21-17)20(27)24-10-8-23(14-25)9-11-24/h2-7,12,14H,8-11,13H2,1H3,(H,22,26). The number of aromatic nitrogens is 1. The molecule has 3 rings (SSSR count). The van der Waals surface area contributed by atoms with Crippen LogP contribution in [0.1, 0.15) is 26.4 Å². The summed E-state index contributed by atoms with van der Waals surface area (Å²) in [6, 6.07) is 10.5. The fraction of sp³-hybridized carbons (Fsp3) is 0.300. The quantitative estimate of drug-likeness (QED) is 0.751. The van der Waals surface area contributed by atoms with Crippen LogP contribution < -0.4 is 10.1 Å². The first-order valence-corrected chi connectivity index (χ1v) is 8.97. The fourth-order valence-electron chi connectivity index (χ4n) is 3.02. The number of pyridine rings is 1. The smallest absolute Gasteiger partial charge is 0.270 e. The van der Waals surface area contributed by atoms with E-state index in [9.17, 15) is 14.4 Å². The zero-order chi connectivity index (χ0) is 19.9. The number of para-hydroxylation sites is 1. The third-order valence-corrected chi connectivity index (χ3v) is 4.62. The summed E-state index contributed by atoms with van der Waals surface area (Å²) < 4.78 is 5.27. The molecule has 1 N–H and O–H groups in total. The van der Waals surface area contributed by atoms with Crippen LogP contribution >= 0.6 is 0 Å². The lowest BCUT2D eigenvalue weighted by atomic mass is 10.1. The van der Waals surface area contributed by atoms with Gasteiger partial charge in [0.2, 0.25) is 6.41 Å². The van der Waals surface area contributed by atoms with Crippen molar-refractivity contribution in [3.8, 4) is 5.75 Å². The molecule has 0 atom stereocenters. The van der Waals surface area contributed by atoms with E-state index in [2.05, 4.69) is 10.3 Å². The zero-order valence-electron chi connectivity index (χ0n) is 15.6. The molecule has 8 nitrogen and oxygen atoms in total. The van der Waals surface area contributed by atoms with E-state index in [0.717, 1.165) is 12.0 Å². The van der Waals surface area contributed by atoms with E-state index in [-0.39, 0.29) is 24.1 Å². The predicted octanol–water partition coefficient (Wildman–Crippen LogP) is 0.934. The zero-order valence-corrected chi connectivity index (χ0v) is 15.6. The summed E-state index contributed by atoms with van der Waals surface area (Å²) in [7, 11) is 1.58. The van der Waals surface area contributed by atoms with Crippen LogP contribution in [0.5, 0.6) is 5.75 Å². The van der Waals surface area contributed by atoms with Gasteiger partial charge in [-0.25, -0.2) is 0 Å². The van der Waals surface area contributed by atoms with Gasteiger partial charge in [-0.05, 0) is 18.2 Å². The van der Waals surface area contributed by atoms with Gasteiger partial charge in [0.25, 0.3) is 11.8 Å². The minimum atomic E-state index is -0.369. The van der Waals surface area contributed by atoms with Crippen LogP contribution in [0.3, 0.4) is 0 Å². The highest BCUT2D eigenvalue weighted by Gasteiger charge is 2.22. The second-order valence-corrected chi connectivity index (χ2v) is 6.36. The molecular formula is C20H22N4O4. The minimum Gasteiger partial charge on any atom is -0.496 e. The normalized spacial score (nSPS) is 13.8. The van der Waals surface area contributed by atoms with E-state index in [1.807, 2.05) is 24.3 Å². The van der Waals surface area contributed by atoms with Gasteiger partial charge in [0.15, 0.2) is 0 Å². The largest absolute Gasteiger partial charge is 0.496 e. The lowest BCUT2D eigenvalue weighted by molar-refractivity contribution is -0.119. The summed E-state index contributed by atoms with van der Waals surface area (Å²) in [5.74, 6) is 0.146. The maximum Gasteiger partial charge on any atom is 0.270 e. The van der Waals surface area contributed by atoms with Gasteiger partial charge in [-0.2, -0.15) is 0 Å². The van der Waals surface area contributed by atoms with Gasteiger partial charge in [0, 0.05) is 50.0 Å². The van der Waals surface area contributed by atoms with Crippen LogP contribution in [0.2, 0.25) is 0 Å². The van der Waals surface area contributed by atoms with Gasteiger partial charge < -0.3 is 19.9 Å². The number of carbonyl (C=O) groups excluding carboxylic acids is 3. The molecule has 1 saturated heterocycles. The van der Waals surface area contributed by atoms with Crippen LogP contribution in [0.4, 0.5) is 0 Å². The number of hydrogen-bond donors (Lipinski definition) is 1. The third kappa shape index (κ3) is 4.46. The Labute approximate surface area is 163 Å². The molecule has 1 aliphatic rings. The molecule has 1 aliphatic heterocycles. The highest BCUT2D eigenvalue weighted by atomic mass is 16.5. The number of ether oxygens (including phenoxy) is 1. The molecular weight excluding hydrogens is 360 g/mol. The monoisotopic (exact) mass is 382 g/mol. The highest BCUT2D eigenvalue weighted by molar-refractivity contribution is 5.98. The number of nitrogens with one attached hydrogen (secondary N) is 1. The average molecular weight is 382 g/mol. The summed E-state index contributed by atoms with van der Waals surface area (Å²) in [5, 5.41) is 2.80. The first-order valence-electron chi connectivity index (χ1n) is 8.97. The second kappa shape index (κ2) is 8.98. The molecule has 0 bridgehead atoms. The lowest BCUT2D eigenvalue weighted by Gasteiger charge is -2.32. The second-order valence-electron chi connectivity index (χ2n) is 6.36. The number of hydrogen-bond acceptors (Lipinski definition) is 5. The Morgan fingerprint density at radius 1 is 1.18 bits per heavy atom. The molecule has 1 aromatic heterocycles. The summed E-state index contributed by atoms with van der Waals surface area (Å²) in [6.45, 7) is 2.24. The number of methoxy groups -OCH3 is 1. The molecule has 0 aliphatic carbocycles. The molecule has 0 saturated carbocycles. The molecule has 146 valence electrons. The van der Waals surface area contributed by atoms with Gasteiger partial charge in [-0.3, -0.25) is 19.4 Å². The number of amides is 3. The Kier molecular flexibility index (Phi) is 6.21. The SMILES string of the molecule is COc1ccccc1CNC(=O)c1cc(C(=O)N2CCN(C=O)CC2)ccn1. The van der Waals surface area contributed by atoms with Crippen molar-refractivity contribution in [3.63, 3.8) is 0 Å². The molecule has 2 aromatic rings. The van der Waals surface area contributed by atoms with E-state index in [1.54, 1.807) is 23.0 Å². The molecule has 3 amide bonds. The molecule has 28 heavy (non-hydrogen) atoms. The van der Waals surface area contributed by atoms with E-state index >= 15 is 0 Å². The van der Waals surface area contributed by atoms with Gasteiger partial charge >= 0.3 is 0 Å². The number of rotatable bonds is 6. The lowest BCUT2D eigenvalue weighted by Crippen LogP contribution is -2.48. The van der Waals surface area contributed by atoms with Crippen LogP contribution in [-0.2, 0) is 11.3 Å². The predicted molar refractivity (Wildman–Crippen MR) is 102 cm³/mol. The molecule has 1 fully saturated rings. The third-order valence-electron chi connectivity index (χ3n) is 4.62. The average Bonchev–Trinajstić information content (AvgIpc) is 2.77. The minimum absolute atomic E-state index is 0.173. The van der Waals surface area contributed by atoms with Crippen LogP contribution in [0.25, 0.3) is 0 Å². The molecule has 0 spiro atoms. The van der Waals surface area contributed by atoms with Gasteiger partial charge in [0.05, 0.1) is 7.11 Å². The summed E-state index contributed by atoms with van der Waals surface area (Å²) in [5.41, 5.74) is 1.42. The highest BCUT2D eigenvalue weighted by Crippen LogP contribution is 2.17. The van der Waals surface area contributed by atoms with Crippen molar-refractivity contribution >= 4 is 18.2 Å². The van der Waals surface area contributed by atoms with Crippen LogP contribution in [0, 0.1) is 0 Å². The first kappa shape index (κ1) is 19.3. The van der Waals surface area contributed by atoms with E-state index in [1.165, 1.54) is 12.3 Å². The van der Waals surface area contributed by atoms with Crippen molar-refractivity contribution in [1.82, 2.24) is 20.1 Å². The Balaban J connectivity index is 1.64. The summed E-state index contributed by atoms with van der Waals surface area (Å²) >= 11 is 0. The molecule has 0 unspecified atom stereocenters. The van der Waals surface area contributed by atoms with Crippen molar-refractivity contribution in [2.75, 3.05) is 33.3 Å². The maximum absolute atomic E-state index is 12.7. The van der Waals surface area contributed by atoms with E-state index < -0.39 is 0 Å². The first-order chi connectivity index (χ1) is 13.6. The maximum atomic E-state index is 12.7. The van der Waals surface area contributed by atoms with E-state index in [4.69, 9.17) is 4.74 Å². The van der Waals surface area contributed by atoms with Crippen LogP contribution in [-0.4, -0.2) is 66.3 Å². The molecule has 2 heterocycles. The van der Waals surface area contributed by atoms with Gasteiger partial charge in [0.1, 0.15) is 11.4 Å². The number of benzene rings is 1. The van der Waals surface area contributed by atoms with Crippen molar-refractivity contribution < 1.29 is 19.1 Å². The number of piperazine rings is 1. The van der Waals surface area contributed by atoms with Gasteiger partial charge in [-0.1, -0.05) is 18.2 Å². The van der Waals surface area contributed by atoms with Crippen molar-refractivity contribution in [3.05, 3.63) is 59.4 Å². The van der Waals surface area contributed by atoms with Crippen molar-refractivity contribution in [2.45, 2.75) is 6.54 Å². The van der Waals surface area contributed by atoms with Gasteiger partial charge in [-0.15, -0.1) is 0 Å². The van der Waals surface area contributed by atoms with Crippen molar-refractivity contribution in [1.29, 1.82) is 0 Å². The Hall–Kier alpha value is -3.42. The summed E-state index contributed by atoms with van der Waals surface area (Å²) in [6.07, 6.45) is 2.24. The summed E-state index contributed by atoms with van der Waals surface area (Å²) in [4.78, 5) is 43.3.